The fourth-order valence-electron chi connectivity index (χ4n) is 4.00. The van der Waals surface area contributed by atoms with Crippen molar-refractivity contribution in [1.29, 1.82) is 0 Å². The summed E-state index contributed by atoms with van der Waals surface area (Å²) in [6.45, 7) is 2.85. The van der Waals surface area contributed by atoms with Gasteiger partial charge in [-0.2, -0.15) is 0 Å². The SMILES string of the molecule is O=C(C1CCOCC1)N1Cc2[nH]cnc2C(CCc2ccccc2)C1. The van der Waals surface area contributed by atoms with Crippen LogP contribution in [0, 0.1) is 5.92 Å². The molecule has 5 nitrogen and oxygen atoms in total. The molecule has 0 spiro atoms. The number of hydrogen-bond acceptors (Lipinski definition) is 3. The van der Waals surface area contributed by atoms with E-state index in [-0.39, 0.29) is 11.8 Å². The number of nitrogens with zero attached hydrogens (tertiary/aromatic N) is 2. The van der Waals surface area contributed by atoms with E-state index in [1.807, 2.05) is 11.0 Å². The molecule has 2 aliphatic heterocycles. The van der Waals surface area contributed by atoms with Gasteiger partial charge in [-0.15, -0.1) is 0 Å². The molecule has 1 unspecified atom stereocenters. The Morgan fingerprint density at radius 2 is 2.04 bits per heavy atom. The van der Waals surface area contributed by atoms with Gasteiger partial charge in [-0.05, 0) is 31.2 Å². The third-order valence-electron chi connectivity index (χ3n) is 5.43. The lowest BCUT2D eigenvalue weighted by Crippen LogP contribution is -2.43. The number of benzene rings is 1. The Hall–Kier alpha value is -2.14. The van der Waals surface area contributed by atoms with Crippen molar-refractivity contribution in [2.45, 2.75) is 38.1 Å². The Morgan fingerprint density at radius 3 is 2.84 bits per heavy atom. The lowest BCUT2D eigenvalue weighted by molar-refractivity contribution is -0.140. The summed E-state index contributed by atoms with van der Waals surface area (Å²) in [6.07, 6.45) is 5.48. The molecule has 1 aromatic heterocycles. The summed E-state index contributed by atoms with van der Waals surface area (Å²) >= 11 is 0. The molecule has 1 saturated heterocycles. The van der Waals surface area contributed by atoms with Crippen LogP contribution in [0.1, 0.15) is 42.1 Å². The highest BCUT2D eigenvalue weighted by molar-refractivity contribution is 5.79. The molecule has 1 aromatic carbocycles. The first-order chi connectivity index (χ1) is 12.3. The Labute approximate surface area is 148 Å². The maximum Gasteiger partial charge on any atom is 0.226 e. The highest BCUT2D eigenvalue weighted by Crippen LogP contribution is 2.31. The van der Waals surface area contributed by atoms with Crippen molar-refractivity contribution in [3.05, 3.63) is 53.6 Å². The molecule has 2 aromatic rings. The predicted molar refractivity (Wildman–Crippen MR) is 95.1 cm³/mol. The number of nitrogens with one attached hydrogen (secondary N) is 1. The average Bonchev–Trinajstić information content (AvgIpc) is 3.16. The second kappa shape index (κ2) is 7.40. The lowest BCUT2D eigenvalue weighted by Gasteiger charge is -2.35. The summed E-state index contributed by atoms with van der Waals surface area (Å²) in [5.41, 5.74) is 3.59. The van der Waals surface area contributed by atoms with Crippen LogP contribution in [0.25, 0.3) is 0 Å². The van der Waals surface area contributed by atoms with Gasteiger partial charge in [0.2, 0.25) is 5.91 Å². The maximum absolute atomic E-state index is 12.9. The number of aromatic nitrogens is 2. The molecule has 0 saturated carbocycles. The fourth-order valence-corrected chi connectivity index (χ4v) is 4.00. The van der Waals surface area contributed by atoms with E-state index in [1.165, 1.54) is 5.56 Å². The number of ether oxygens (including phenoxy) is 1. The van der Waals surface area contributed by atoms with Gasteiger partial charge >= 0.3 is 0 Å². The molecule has 1 amide bonds. The van der Waals surface area contributed by atoms with Crippen LogP contribution in [0.4, 0.5) is 0 Å². The zero-order valence-corrected chi connectivity index (χ0v) is 14.5. The van der Waals surface area contributed by atoms with Crippen LogP contribution < -0.4 is 0 Å². The second-order valence-corrected chi connectivity index (χ2v) is 7.09. The molecule has 25 heavy (non-hydrogen) atoms. The number of rotatable bonds is 4. The van der Waals surface area contributed by atoms with Crippen molar-refractivity contribution in [1.82, 2.24) is 14.9 Å². The number of carbonyl (C=O) groups is 1. The van der Waals surface area contributed by atoms with Gasteiger partial charge in [0, 0.05) is 31.6 Å². The highest BCUT2D eigenvalue weighted by atomic mass is 16.5. The molecule has 4 rings (SSSR count). The number of aryl methyl sites for hydroxylation is 1. The summed E-state index contributed by atoms with van der Waals surface area (Å²) in [5.74, 6) is 0.709. The number of hydrogen-bond donors (Lipinski definition) is 1. The minimum absolute atomic E-state index is 0.119. The van der Waals surface area contributed by atoms with E-state index in [0.29, 0.717) is 25.7 Å². The van der Waals surface area contributed by atoms with Gasteiger partial charge in [0.05, 0.1) is 24.3 Å². The Morgan fingerprint density at radius 1 is 1.24 bits per heavy atom. The minimum atomic E-state index is 0.119. The van der Waals surface area contributed by atoms with E-state index < -0.39 is 0 Å². The van der Waals surface area contributed by atoms with Crippen molar-refractivity contribution < 1.29 is 9.53 Å². The smallest absolute Gasteiger partial charge is 0.226 e. The summed E-state index contributed by atoms with van der Waals surface area (Å²) in [5, 5.41) is 0. The van der Waals surface area contributed by atoms with E-state index in [9.17, 15) is 4.79 Å². The van der Waals surface area contributed by atoms with Crippen LogP contribution in [0.2, 0.25) is 0 Å². The number of H-pyrrole nitrogens is 1. The Balaban J connectivity index is 1.46. The minimum Gasteiger partial charge on any atom is -0.381 e. The number of carbonyl (C=O) groups excluding carboxylic acids is 1. The Kier molecular flexibility index (Phi) is 4.83. The first-order valence-corrected chi connectivity index (χ1v) is 9.24. The van der Waals surface area contributed by atoms with E-state index in [4.69, 9.17) is 4.74 Å². The molecular formula is C20H25N3O2. The average molecular weight is 339 g/mol. The normalized spacial score (nSPS) is 21.1. The van der Waals surface area contributed by atoms with Gasteiger partial charge < -0.3 is 14.6 Å². The van der Waals surface area contributed by atoms with Crippen LogP contribution in [0.15, 0.2) is 36.7 Å². The summed E-state index contributed by atoms with van der Waals surface area (Å²) < 4.78 is 5.40. The maximum atomic E-state index is 12.9. The molecular weight excluding hydrogens is 314 g/mol. The summed E-state index contributed by atoms with van der Waals surface area (Å²) in [7, 11) is 0. The van der Waals surface area contributed by atoms with Crippen LogP contribution in [-0.2, 0) is 22.5 Å². The number of imidazole rings is 1. The predicted octanol–water partition coefficient (Wildman–Crippen LogP) is 2.89. The fraction of sp³-hybridized carbons (Fsp3) is 0.500. The van der Waals surface area contributed by atoms with Crippen LogP contribution in [-0.4, -0.2) is 40.5 Å². The van der Waals surface area contributed by atoms with Crippen molar-refractivity contribution in [3.63, 3.8) is 0 Å². The second-order valence-electron chi connectivity index (χ2n) is 7.09. The van der Waals surface area contributed by atoms with Crippen molar-refractivity contribution in [2.24, 2.45) is 5.92 Å². The number of fused-ring (bicyclic) bond motifs is 1. The van der Waals surface area contributed by atoms with Gasteiger partial charge in [-0.1, -0.05) is 30.3 Å². The molecule has 3 heterocycles. The molecule has 132 valence electrons. The monoisotopic (exact) mass is 339 g/mol. The lowest BCUT2D eigenvalue weighted by atomic mass is 9.90. The van der Waals surface area contributed by atoms with Crippen molar-refractivity contribution in [2.75, 3.05) is 19.8 Å². The van der Waals surface area contributed by atoms with E-state index in [2.05, 4.69) is 34.2 Å². The first-order valence-electron chi connectivity index (χ1n) is 9.24. The standard InChI is InChI=1S/C20H25N3O2/c24-20(16-8-10-25-11-9-16)23-12-17(19-18(13-23)21-14-22-19)7-6-15-4-2-1-3-5-15/h1-5,14,16-17H,6-13H2,(H,21,22). The molecule has 0 bridgehead atoms. The molecule has 1 atom stereocenters. The van der Waals surface area contributed by atoms with Crippen LogP contribution in [0.5, 0.6) is 0 Å². The van der Waals surface area contributed by atoms with Gasteiger partial charge in [0.1, 0.15) is 0 Å². The largest absolute Gasteiger partial charge is 0.381 e. The van der Waals surface area contributed by atoms with Gasteiger partial charge in [-0.25, -0.2) is 4.98 Å². The highest BCUT2D eigenvalue weighted by Gasteiger charge is 2.33. The third-order valence-corrected chi connectivity index (χ3v) is 5.43. The van der Waals surface area contributed by atoms with Gasteiger partial charge in [0.15, 0.2) is 0 Å². The molecule has 2 aliphatic rings. The van der Waals surface area contributed by atoms with Crippen molar-refractivity contribution >= 4 is 5.91 Å². The zero-order chi connectivity index (χ0) is 17.1. The molecule has 0 radical (unpaired) electrons. The van der Waals surface area contributed by atoms with Crippen molar-refractivity contribution in [3.8, 4) is 0 Å². The summed E-state index contributed by atoms with van der Waals surface area (Å²) in [4.78, 5) is 22.8. The zero-order valence-electron chi connectivity index (χ0n) is 14.5. The third kappa shape index (κ3) is 3.61. The van der Waals surface area contributed by atoms with Crippen LogP contribution in [0.3, 0.4) is 0 Å². The molecule has 5 heteroatoms. The first kappa shape index (κ1) is 16.3. The molecule has 1 N–H and O–H groups in total. The quantitative estimate of drug-likeness (QED) is 0.932. The number of amides is 1. The van der Waals surface area contributed by atoms with E-state index in [0.717, 1.165) is 43.6 Å². The number of aromatic amines is 1. The topological polar surface area (TPSA) is 58.2 Å². The van der Waals surface area contributed by atoms with Gasteiger partial charge in [-0.3, -0.25) is 4.79 Å². The Bertz CT molecular complexity index is 707. The molecule has 0 aliphatic carbocycles. The van der Waals surface area contributed by atoms with Crippen LogP contribution >= 0.6 is 0 Å². The van der Waals surface area contributed by atoms with E-state index >= 15 is 0 Å². The van der Waals surface area contributed by atoms with E-state index in [1.54, 1.807) is 6.33 Å². The molecule has 1 fully saturated rings. The van der Waals surface area contributed by atoms with Gasteiger partial charge in [0.25, 0.3) is 0 Å². The summed E-state index contributed by atoms with van der Waals surface area (Å²) in [6, 6.07) is 10.5.